The Balaban J connectivity index is 1.85. The molecule has 4 nitrogen and oxygen atoms in total. The van der Waals surface area contributed by atoms with Gasteiger partial charge in [-0.1, -0.05) is 23.2 Å². The van der Waals surface area contributed by atoms with Crippen molar-refractivity contribution in [3.05, 3.63) is 57.6 Å². The summed E-state index contributed by atoms with van der Waals surface area (Å²) in [5.41, 5.74) is 2.95. The first-order valence-corrected chi connectivity index (χ1v) is 8.39. The lowest BCUT2D eigenvalue weighted by Gasteiger charge is -2.29. The van der Waals surface area contributed by atoms with Gasteiger partial charge in [0.25, 0.3) is 5.91 Å². The second-order valence-electron chi connectivity index (χ2n) is 5.70. The number of rotatable bonds is 2. The molecular weight excluding hydrogens is 347 g/mol. The monoisotopic (exact) mass is 362 g/mol. The summed E-state index contributed by atoms with van der Waals surface area (Å²) in [6, 6.07) is 10.3. The summed E-state index contributed by atoms with van der Waals surface area (Å²) >= 11 is 12.0. The van der Waals surface area contributed by atoms with Crippen molar-refractivity contribution < 1.29 is 9.59 Å². The van der Waals surface area contributed by atoms with E-state index >= 15 is 0 Å². The minimum Gasteiger partial charge on any atom is -0.322 e. The molecule has 2 amide bonds. The average molecular weight is 363 g/mol. The third-order valence-corrected chi connectivity index (χ3v) is 4.57. The molecule has 0 saturated heterocycles. The summed E-state index contributed by atoms with van der Waals surface area (Å²) in [5, 5.41) is 3.63. The van der Waals surface area contributed by atoms with E-state index in [0.717, 1.165) is 30.6 Å². The predicted molar refractivity (Wildman–Crippen MR) is 97.2 cm³/mol. The van der Waals surface area contributed by atoms with E-state index < -0.39 is 0 Å². The van der Waals surface area contributed by atoms with Crippen molar-refractivity contribution >= 4 is 46.4 Å². The summed E-state index contributed by atoms with van der Waals surface area (Å²) in [6.45, 7) is 2.29. The summed E-state index contributed by atoms with van der Waals surface area (Å²) in [5.74, 6) is -0.292. The molecule has 0 saturated carbocycles. The predicted octanol–water partition coefficient (Wildman–Crippen LogP) is 4.54. The van der Waals surface area contributed by atoms with Gasteiger partial charge in [-0.3, -0.25) is 9.59 Å². The molecule has 0 bridgehead atoms. The number of benzene rings is 2. The second-order valence-corrected chi connectivity index (χ2v) is 6.54. The Kier molecular flexibility index (Phi) is 4.78. The molecule has 1 aliphatic heterocycles. The molecule has 24 heavy (non-hydrogen) atoms. The van der Waals surface area contributed by atoms with Gasteiger partial charge < -0.3 is 10.2 Å². The number of fused-ring (bicyclic) bond motifs is 1. The first-order chi connectivity index (χ1) is 11.5. The van der Waals surface area contributed by atoms with Crippen LogP contribution < -0.4 is 10.2 Å². The van der Waals surface area contributed by atoms with E-state index in [4.69, 9.17) is 23.2 Å². The highest BCUT2D eigenvalue weighted by Gasteiger charge is 2.20. The van der Waals surface area contributed by atoms with Crippen LogP contribution in [0.25, 0.3) is 0 Å². The number of hydrogen-bond donors (Lipinski definition) is 1. The Labute approximate surface area is 150 Å². The van der Waals surface area contributed by atoms with Gasteiger partial charge in [0.15, 0.2) is 0 Å². The lowest BCUT2D eigenvalue weighted by Crippen LogP contribution is -2.33. The van der Waals surface area contributed by atoms with E-state index in [1.165, 1.54) is 6.07 Å². The van der Waals surface area contributed by atoms with Crippen LogP contribution in [0.15, 0.2) is 36.4 Å². The number of hydrogen-bond acceptors (Lipinski definition) is 2. The van der Waals surface area contributed by atoms with Crippen molar-refractivity contribution in [3.63, 3.8) is 0 Å². The minimum atomic E-state index is -0.318. The summed E-state index contributed by atoms with van der Waals surface area (Å²) in [4.78, 5) is 25.9. The topological polar surface area (TPSA) is 49.4 Å². The highest BCUT2D eigenvalue weighted by atomic mass is 35.5. The number of carbonyl (C=O) groups excluding carboxylic acids is 2. The molecular formula is C18H16Cl2N2O2. The van der Waals surface area contributed by atoms with Gasteiger partial charge in [-0.25, -0.2) is 0 Å². The molecule has 0 aromatic heterocycles. The SMILES string of the molecule is CC(=O)N1CCCc2cc(NC(=O)c3cc(Cl)ccc3Cl)ccc21. The van der Waals surface area contributed by atoms with E-state index in [1.807, 2.05) is 12.1 Å². The van der Waals surface area contributed by atoms with Crippen LogP contribution in [0, 0.1) is 0 Å². The number of halogens is 2. The number of aryl methyl sites for hydroxylation is 1. The Hall–Kier alpha value is -2.04. The van der Waals surface area contributed by atoms with Gasteiger partial charge in [0.1, 0.15) is 0 Å². The van der Waals surface area contributed by atoms with Crippen molar-refractivity contribution in [3.8, 4) is 0 Å². The maximum Gasteiger partial charge on any atom is 0.257 e. The number of nitrogens with zero attached hydrogens (tertiary/aromatic N) is 1. The molecule has 1 N–H and O–H groups in total. The average Bonchev–Trinajstić information content (AvgIpc) is 2.56. The molecule has 0 radical (unpaired) electrons. The molecule has 1 aliphatic rings. The van der Waals surface area contributed by atoms with Crippen molar-refractivity contribution in [1.29, 1.82) is 0 Å². The zero-order valence-electron chi connectivity index (χ0n) is 13.1. The molecule has 0 atom stereocenters. The Morgan fingerprint density at radius 3 is 2.67 bits per heavy atom. The molecule has 0 aliphatic carbocycles. The minimum absolute atomic E-state index is 0.0263. The van der Waals surface area contributed by atoms with Crippen molar-refractivity contribution in [2.45, 2.75) is 19.8 Å². The Morgan fingerprint density at radius 2 is 1.92 bits per heavy atom. The molecule has 3 rings (SSSR count). The second kappa shape index (κ2) is 6.83. The van der Waals surface area contributed by atoms with Crippen LogP contribution in [0.3, 0.4) is 0 Å². The fourth-order valence-electron chi connectivity index (χ4n) is 2.87. The quantitative estimate of drug-likeness (QED) is 0.851. The van der Waals surface area contributed by atoms with Gasteiger partial charge in [0.2, 0.25) is 5.91 Å². The van der Waals surface area contributed by atoms with E-state index in [0.29, 0.717) is 21.3 Å². The maximum absolute atomic E-state index is 12.4. The summed E-state index contributed by atoms with van der Waals surface area (Å²) < 4.78 is 0. The van der Waals surface area contributed by atoms with Gasteiger partial charge in [-0.05, 0) is 54.8 Å². The van der Waals surface area contributed by atoms with Gasteiger partial charge in [0, 0.05) is 29.9 Å². The van der Waals surface area contributed by atoms with Gasteiger partial charge in [0.05, 0.1) is 10.6 Å². The van der Waals surface area contributed by atoms with Crippen LogP contribution in [0.1, 0.15) is 29.3 Å². The van der Waals surface area contributed by atoms with E-state index in [-0.39, 0.29) is 11.8 Å². The third kappa shape index (κ3) is 3.40. The molecule has 6 heteroatoms. The molecule has 0 unspecified atom stereocenters. The zero-order chi connectivity index (χ0) is 17.3. The van der Waals surface area contributed by atoms with Crippen LogP contribution in [0.5, 0.6) is 0 Å². The lowest BCUT2D eigenvalue weighted by atomic mass is 10.0. The van der Waals surface area contributed by atoms with Crippen LogP contribution in [-0.2, 0) is 11.2 Å². The van der Waals surface area contributed by atoms with Gasteiger partial charge in [-0.15, -0.1) is 0 Å². The third-order valence-electron chi connectivity index (χ3n) is 4.01. The highest BCUT2D eigenvalue weighted by molar-refractivity contribution is 6.36. The van der Waals surface area contributed by atoms with Crippen molar-refractivity contribution in [2.24, 2.45) is 0 Å². The van der Waals surface area contributed by atoms with Gasteiger partial charge in [-0.2, -0.15) is 0 Å². The summed E-state index contributed by atoms with van der Waals surface area (Å²) in [7, 11) is 0. The van der Waals surface area contributed by atoms with Gasteiger partial charge >= 0.3 is 0 Å². The smallest absolute Gasteiger partial charge is 0.257 e. The molecule has 1 heterocycles. The molecule has 2 aromatic carbocycles. The van der Waals surface area contributed by atoms with Crippen LogP contribution in [0.4, 0.5) is 11.4 Å². The van der Waals surface area contributed by atoms with Crippen LogP contribution in [-0.4, -0.2) is 18.4 Å². The first kappa shape index (κ1) is 16.8. The van der Waals surface area contributed by atoms with E-state index in [1.54, 1.807) is 30.0 Å². The molecule has 2 aromatic rings. The molecule has 0 fully saturated rings. The Bertz CT molecular complexity index is 821. The van der Waals surface area contributed by atoms with Crippen LogP contribution >= 0.6 is 23.2 Å². The fraction of sp³-hybridized carbons (Fsp3) is 0.222. The number of carbonyl (C=O) groups is 2. The number of nitrogens with one attached hydrogen (secondary N) is 1. The van der Waals surface area contributed by atoms with E-state index in [2.05, 4.69) is 5.32 Å². The highest BCUT2D eigenvalue weighted by Crippen LogP contribution is 2.30. The van der Waals surface area contributed by atoms with Crippen LogP contribution in [0.2, 0.25) is 10.0 Å². The maximum atomic E-state index is 12.4. The largest absolute Gasteiger partial charge is 0.322 e. The van der Waals surface area contributed by atoms with E-state index in [9.17, 15) is 9.59 Å². The fourth-order valence-corrected chi connectivity index (χ4v) is 3.25. The summed E-state index contributed by atoms with van der Waals surface area (Å²) in [6.07, 6.45) is 1.78. The number of amides is 2. The lowest BCUT2D eigenvalue weighted by molar-refractivity contribution is -0.116. The Morgan fingerprint density at radius 1 is 1.12 bits per heavy atom. The first-order valence-electron chi connectivity index (χ1n) is 7.63. The van der Waals surface area contributed by atoms with Crippen molar-refractivity contribution in [1.82, 2.24) is 0 Å². The zero-order valence-corrected chi connectivity index (χ0v) is 14.6. The normalized spacial score (nSPS) is 13.4. The van der Waals surface area contributed by atoms with Crippen molar-refractivity contribution in [2.75, 3.05) is 16.8 Å². The molecule has 124 valence electrons. The number of anilines is 2. The standard InChI is InChI=1S/C18H16Cl2N2O2/c1-11(23)22-8-2-3-12-9-14(5-7-17(12)22)21-18(24)15-10-13(19)4-6-16(15)20/h4-7,9-10H,2-3,8H2,1H3,(H,21,24). The molecule has 0 spiro atoms.